The molecule has 0 saturated carbocycles. The molecule has 2 unspecified atom stereocenters. The number of hydrogen-bond donors (Lipinski definition) is 2. The Labute approximate surface area is 42.5 Å². The maximum absolute atomic E-state index is 10.0. The van der Waals surface area contributed by atoms with Gasteiger partial charge in [-0.3, -0.25) is 0 Å². The van der Waals surface area contributed by atoms with Gasteiger partial charge in [0.25, 0.3) is 0 Å². The Bertz CT molecular complexity index is 40.2. The van der Waals surface area contributed by atoms with Crippen LogP contribution in [-0.4, -0.2) is 20.8 Å². The third-order valence-electron chi connectivity index (χ3n) is 0.498. The molecule has 0 aliphatic heterocycles. The molecule has 2 N–H and O–H groups in total. The lowest BCUT2D eigenvalue weighted by Crippen LogP contribution is -3.24. The maximum atomic E-state index is 10.0. The van der Waals surface area contributed by atoms with Crippen LogP contribution in [0.1, 0.15) is 0 Å². The third kappa shape index (κ3) is 5.84. The zero-order valence-electron chi connectivity index (χ0n) is 4.52. The van der Waals surface area contributed by atoms with Crippen LogP contribution in [0.5, 0.6) is 0 Å². The van der Waals surface area contributed by atoms with E-state index in [1.165, 1.54) is 14.1 Å². The van der Waals surface area contributed by atoms with Gasteiger partial charge in [-0.25, -0.2) is 0 Å². The standard InChI is InChI=1S/C3H10N2O2/c1-4(6)3-5(2)7/h4-5H,3H2,1-2H3. The first kappa shape index (κ1) is 6.84. The second-order valence-electron chi connectivity index (χ2n) is 1.58. The van der Waals surface area contributed by atoms with Crippen molar-refractivity contribution in [3.63, 3.8) is 0 Å². The van der Waals surface area contributed by atoms with Crippen molar-refractivity contribution in [2.24, 2.45) is 0 Å². The number of rotatable bonds is 2. The van der Waals surface area contributed by atoms with Crippen molar-refractivity contribution in [3.05, 3.63) is 10.4 Å². The Hall–Kier alpha value is -0.160. The summed E-state index contributed by atoms with van der Waals surface area (Å²) in [5.41, 5.74) is 0. The van der Waals surface area contributed by atoms with Gasteiger partial charge >= 0.3 is 0 Å². The average molecular weight is 106 g/mol. The molecule has 0 fully saturated rings. The molecule has 0 spiro atoms. The highest BCUT2D eigenvalue weighted by Gasteiger charge is 1.85. The summed E-state index contributed by atoms with van der Waals surface area (Å²) in [5.74, 6) is 0. The van der Waals surface area contributed by atoms with E-state index in [0.717, 1.165) is 0 Å². The molecule has 0 amide bonds. The molecule has 0 aliphatic rings. The summed E-state index contributed by atoms with van der Waals surface area (Å²) in [4.78, 5) is 0. The first-order valence-corrected chi connectivity index (χ1v) is 2.12. The molecule has 0 aliphatic carbocycles. The molecule has 0 heterocycles. The molecule has 0 radical (unpaired) electrons. The minimum atomic E-state index is -0.0625. The van der Waals surface area contributed by atoms with Crippen LogP contribution in [-0.2, 0) is 0 Å². The van der Waals surface area contributed by atoms with Crippen LogP contribution in [0.15, 0.2) is 0 Å². The largest absolute Gasteiger partial charge is 0.630 e. The maximum Gasteiger partial charge on any atom is 0.203 e. The van der Waals surface area contributed by atoms with Crippen molar-refractivity contribution in [1.29, 1.82) is 0 Å². The molecule has 44 valence electrons. The Morgan fingerprint density at radius 2 is 1.43 bits per heavy atom. The van der Waals surface area contributed by atoms with Gasteiger partial charge in [-0.05, 0) is 0 Å². The zero-order valence-corrected chi connectivity index (χ0v) is 4.52. The van der Waals surface area contributed by atoms with E-state index >= 15 is 0 Å². The summed E-state index contributed by atoms with van der Waals surface area (Å²) in [5, 5.41) is 19.9. The van der Waals surface area contributed by atoms with Crippen LogP contribution < -0.4 is 10.1 Å². The fourth-order valence-electron chi connectivity index (χ4n) is 0.351. The van der Waals surface area contributed by atoms with Gasteiger partial charge in [-0.15, -0.1) is 0 Å². The van der Waals surface area contributed by atoms with Gasteiger partial charge in [-0.2, -0.15) is 0 Å². The molecule has 0 rings (SSSR count). The quantitative estimate of drug-likeness (QED) is 0.290. The molecule has 0 aromatic heterocycles. The molecule has 0 aromatic rings. The van der Waals surface area contributed by atoms with Gasteiger partial charge in [0, 0.05) is 0 Å². The highest BCUT2D eigenvalue weighted by atomic mass is 16.5. The van der Waals surface area contributed by atoms with Crippen molar-refractivity contribution in [3.8, 4) is 0 Å². The molecule has 0 saturated heterocycles. The smallest absolute Gasteiger partial charge is 0.203 e. The van der Waals surface area contributed by atoms with E-state index < -0.39 is 0 Å². The molecular formula is C3H10N2O2. The third-order valence-corrected chi connectivity index (χ3v) is 0.498. The van der Waals surface area contributed by atoms with E-state index in [1.54, 1.807) is 0 Å². The predicted octanol–water partition coefficient (Wildman–Crippen LogP) is -3.03. The summed E-state index contributed by atoms with van der Waals surface area (Å²) < 4.78 is 0. The summed E-state index contributed by atoms with van der Waals surface area (Å²) in [6.45, 7) is 0.0833. The average Bonchev–Trinajstić information content (AvgIpc) is 1.27. The van der Waals surface area contributed by atoms with E-state index in [-0.39, 0.29) is 16.8 Å². The summed E-state index contributed by atoms with van der Waals surface area (Å²) in [6, 6.07) is 0. The molecule has 0 aromatic carbocycles. The molecule has 4 nitrogen and oxygen atoms in total. The number of quaternary nitrogens is 2. The molecular weight excluding hydrogens is 96.0 g/mol. The van der Waals surface area contributed by atoms with Crippen molar-refractivity contribution in [2.75, 3.05) is 20.8 Å². The second kappa shape index (κ2) is 2.92. The fraction of sp³-hybridized carbons (Fsp3) is 1.00. The monoisotopic (exact) mass is 106 g/mol. The first-order chi connectivity index (χ1) is 3.13. The molecule has 0 bridgehead atoms. The summed E-state index contributed by atoms with van der Waals surface area (Å²) >= 11 is 0. The SMILES string of the molecule is C[NH+]([O-])C[NH+](C)[O-]. The van der Waals surface area contributed by atoms with Gasteiger partial charge < -0.3 is 20.5 Å². The van der Waals surface area contributed by atoms with Gasteiger partial charge in [-0.1, -0.05) is 0 Å². The number of hydroxylamine groups is 4. The number of nitrogens with one attached hydrogen (secondary N) is 2. The van der Waals surface area contributed by atoms with E-state index in [0.29, 0.717) is 0 Å². The van der Waals surface area contributed by atoms with Crippen LogP contribution in [0.3, 0.4) is 0 Å². The Morgan fingerprint density at radius 1 is 1.14 bits per heavy atom. The van der Waals surface area contributed by atoms with Crippen molar-refractivity contribution < 1.29 is 10.1 Å². The fourth-order valence-corrected chi connectivity index (χ4v) is 0.351. The molecule has 2 atom stereocenters. The lowest BCUT2D eigenvalue weighted by molar-refractivity contribution is -1.02. The van der Waals surface area contributed by atoms with Gasteiger partial charge in [0.2, 0.25) is 6.67 Å². The van der Waals surface area contributed by atoms with Crippen LogP contribution in [0.4, 0.5) is 0 Å². The van der Waals surface area contributed by atoms with E-state index in [2.05, 4.69) is 0 Å². The normalized spacial score (nSPS) is 18.9. The Morgan fingerprint density at radius 3 is 1.43 bits per heavy atom. The van der Waals surface area contributed by atoms with Gasteiger partial charge in [0.15, 0.2) is 0 Å². The lowest BCUT2D eigenvalue weighted by Gasteiger charge is -2.22. The summed E-state index contributed by atoms with van der Waals surface area (Å²) in [7, 11) is 2.81. The highest BCUT2D eigenvalue weighted by Crippen LogP contribution is 1.16. The second-order valence-corrected chi connectivity index (χ2v) is 1.58. The topological polar surface area (TPSA) is 55.0 Å². The molecule has 7 heavy (non-hydrogen) atoms. The van der Waals surface area contributed by atoms with Crippen molar-refractivity contribution >= 4 is 0 Å². The van der Waals surface area contributed by atoms with Crippen LogP contribution in [0, 0.1) is 10.4 Å². The van der Waals surface area contributed by atoms with Crippen LogP contribution in [0.2, 0.25) is 0 Å². The van der Waals surface area contributed by atoms with Crippen LogP contribution >= 0.6 is 0 Å². The van der Waals surface area contributed by atoms with Crippen LogP contribution in [0.25, 0.3) is 0 Å². The Kier molecular flexibility index (Phi) is 2.86. The van der Waals surface area contributed by atoms with Crippen molar-refractivity contribution in [2.45, 2.75) is 0 Å². The van der Waals surface area contributed by atoms with Crippen molar-refractivity contribution in [1.82, 2.24) is 0 Å². The summed E-state index contributed by atoms with van der Waals surface area (Å²) in [6.07, 6.45) is 0. The highest BCUT2D eigenvalue weighted by molar-refractivity contribution is 4.00. The molecule has 4 heteroatoms. The van der Waals surface area contributed by atoms with E-state index in [9.17, 15) is 10.4 Å². The zero-order chi connectivity index (χ0) is 5.86. The lowest BCUT2D eigenvalue weighted by atomic mass is 11.0. The van der Waals surface area contributed by atoms with E-state index in [4.69, 9.17) is 0 Å². The van der Waals surface area contributed by atoms with Gasteiger partial charge in [0.1, 0.15) is 0 Å². The predicted molar refractivity (Wildman–Crippen MR) is 25.4 cm³/mol. The minimum Gasteiger partial charge on any atom is -0.630 e. The minimum absolute atomic E-state index is 0.0625. The van der Waals surface area contributed by atoms with Gasteiger partial charge in [0.05, 0.1) is 14.1 Å². The van der Waals surface area contributed by atoms with E-state index in [1.807, 2.05) is 0 Å². The number of hydrogen-bond acceptors (Lipinski definition) is 2. The first-order valence-electron chi connectivity index (χ1n) is 2.12. The Balaban J connectivity index is 2.95.